The normalized spacial score (nSPS) is 10.4. The standard InChI is InChI=1S/C12H12N4O3/c1-2-9-3-7(12(18)19)4-10(15-9)16-6-8(5-14-16)11(13)17/h3-6H,2H2,1H3,(H2,13,17)(H,18,19). The Kier molecular flexibility index (Phi) is 3.28. The number of nitrogens with zero attached hydrogens (tertiary/aromatic N) is 3. The first-order valence-electron chi connectivity index (χ1n) is 5.60. The second-order valence-corrected chi connectivity index (χ2v) is 3.90. The zero-order chi connectivity index (χ0) is 14.0. The number of aromatic nitrogens is 3. The zero-order valence-corrected chi connectivity index (χ0v) is 10.2. The van der Waals surface area contributed by atoms with Crippen molar-refractivity contribution >= 4 is 11.9 Å². The minimum absolute atomic E-state index is 0.123. The van der Waals surface area contributed by atoms with E-state index in [1.54, 1.807) is 0 Å². The highest BCUT2D eigenvalue weighted by molar-refractivity contribution is 5.92. The molecule has 7 nitrogen and oxygen atoms in total. The van der Waals surface area contributed by atoms with Crippen LogP contribution >= 0.6 is 0 Å². The molecular weight excluding hydrogens is 248 g/mol. The van der Waals surface area contributed by atoms with Gasteiger partial charge in [-0.1, -0.05) is 6.92 Å². The molecular formula is C12H12N4O3. The largest absolute Gasteiger partial charge is 0.478 e. The third kappa shape index (κ3) is 2.59. The molecule has 3 N–H and O–H groups in total. The Labute approximate surface area is 108 Å². The summed E-state index contributed by atoms with van der Waals surface area (Å²) in [5, 5.41) is 13.0. The first-order valence-corrected chi connectivity index (χ1v) is 5.60. The number of amides is 1. The van der Waals surface area contributed by atoms with Crippen molar-refractivity contribution in [3.63, 3.8) is 0 Å². The van der Waals surface area contributed by atoms with Crippen LogP contribution in [0, 0.1) is 0 Å². The monoisotopic (exact) mass is 260 g/mol. The van der Waals surface area contributed by atoms with E-state index in [1.807, 2.05) is 6.92 Å². The predicted octanol–water partition coefficient (Wildman–Crippen LogP) is 0.627. The molecule has 98 valence electrons. The third-order valence-electron chi connectivity index (χ3n) is 2.58. The first-order chi connectivity index (χ1) is 9.01. The molecule has 0 aromatic carbocycles. The van der Waals surface area contributed by atoms with Crippen LogP contribution in [0.1, 0.15) is 33.3 Å². The van der Waals surface area contributed by atoms with Crippen molar-refractivity contribution in [1.29, 1.82) is 0 Å². The maximum absolute atomic E-state index is 11.0. The van der Waals surface area contributed by atoms with E-state index < -0.39 is 11.9 Å². The Morgan fingerprint density at radius 2 is 2.11 bits per heavy atom. The van der Waals surface area contributed by atoms with Crippen molar-refractivity contribution < 1.29 is 14.7 Å². The number of carbonyl (C=O) groups is 2. The van der Waals surface area contributed by atoms with Gasteiger partial charge in [0.05, 0.1) is 17.3 Å². The van der Waals surface area contributed by atoms with Crippen LogP contribution in [0.25, 0.3) is 5.82 Å². The molecule has 0 aliphatic heterocycles. The lowest BCUT2D eigenvalue weighted by atomic mass is 10.2. The fourth-order valence-electron chi connectivity index (χ4n) is 1.57. The minimum atomic E-state index is -1.04. The topological polar surface area (TPSA) is 111 Å². The van der Waals surface area contributed by atoms with Crippen molar-refractivity contribution in [2.75, 3.05) is 0 Å². The number of carboxylic acid groups (broad SMARTS) is 1. The lowest BCUT2D eigenvalue weighted by Gasteiger charge is -2.05. The molecule has 0 aliphatic rings. The number of pyridine rings is 1. The van der Waals surface area contributed by atoms with Crippen molar-refractivity contribution in [1.82, 2.24) is 14.8 Å². The molecule has 7 heteroatoms. The van der Waals surface area contributed by atoms with Crippen LogP contribution in [-0.2, 0) is 6.42 Å². The van der Waals surface area contributed by atoms with Gasteiger partial charge in [-0.25, -0.2) is 14.5 Å². The molecule has 2 heterocycles. The Bertz CT molecular complexity index is 648. The molecule has 0 bridgehead atoms. The van der Waals surface area contributed by atoms with E-state index in [2.05, 4.69) is 10.1 Å². The molecule has 2 aromatic heterocycles. The van der Waals surface area contributed by atoms with Gasteiger partial charge in [0.2, 0.25) is 0 Å². The lowest BCUT2D eigenvalue weighted by Crippen LogP contribution is -2.10. The van der Waals surface area contributed by atoms with Gasteiger partial charge in [0.15, 0.2) is 5.82 Å². The highest BCUT2D eigenvalue weighted by Crippen LogP contribution is 2.11. The number of aromatic carboxylic acids is 1. The van der Waals surface area contributed by atoms with Gasteiger partial charge in [-0.15, -0.1) is 0 Å². The number of carbonyl (C=O) groups excluding carboxylic acids is 1. The maximum atomic E-state index is 11.0. The van der Waals surface area contributed by atoms with Gasteiger partial charge in [-0.3, -0.25) is 4.79 Å². The summed E-state index contributed by atoms with van der Waals surface area (Å²) in [5.74, 6) is -1.30. The lowest BCUT2D eigenvalue weighted by molar-refractivity contribution is 0.0696. The Hall–Kier alpha value is -2.70. The van der Waals surface area contributed by atoms with Gasteiger partial charge in [0.1, 0.15) is 0 Å². The summed E-state index contributed by atoms with van der Waals surface area (Å²) in [7, 11) is 0. The van der Waals surface area contributed by atoms with Crippen molar-refractivity contribution in [3.8, 4) is 5.82 Å². The second-order valence-electron chi connectivity index (χ2n) is 3.90. The van der Waals surface area contributed by atoms with Gasteiger partial charge in [0, 0.05) is 11.9 Å². The number of hydrogen-bond acceptors (Lipinski definition) is 4. The predicted molar refractivity (Wildman–Crippen MR) is 66.2 cm³/mol. The number of primary amides is 1. The summed E-state index contributed by atoms with van der Waals surface area (Å²) in [4.78, 5) is 26.3. The van der Waals surface area contributed by atoms with Crippen LogP contribution in [0.2, 0.25) is 0 Å². The Balaban J connectivity index is 2.50. The van der Waals surface area contributed by atoms with E-state index in [4.69, 9.17) is 10.8 Å². The highest BCUT2D eigenvalue weighted by atomic mass is 16.4. The van der Waals surface area contributed by atoms with Crippen LogP contribution in [0.4, 0.5) is 0 Å². The fraction of sp³-hybridized carbons (Fsp3) is 0.167. The number of hydrogen-bond donors (Lipinski definition) is 2. The van der Waals surface area contributed by atoms with E-state index in [0.29, 0.717) is 17.9 Å². The summed E-state index contributed by atoms with van der Waals surface area (Å²) in [6.45, 7) is 1.87. The molecule has 0 fully saturated rings. The van der Waals surface area contributed by atoms with E-state index in [0.717, 1.165) is 0 Å². The van der Waals surface area contributed by atoms with Gasteiger partial charge >= 0.3 is 5.97 Å². The molecule has 2 aromatic rings. The molecule has 0 spiro atoms. The molecule has 1 amide bonds. The van der Waals surface area contributed by atoms with Crippen LogP contribution in [0.5, 0.6) is 0 Å². The zero-order valence-electron chi connectivity index (χ0n) is 10.2. The maximum Gasteiger partial charge on any atom is 0.335 e. The summed E-state index contributed by atoms with van der Waals surface area (Å²) in [6, 6.07) is 2.89. The molecule has 0 radical (unpaired) electrons. The van der Waals surface area contributed by atoms with Crippen LogP contribution in [0.15, 0.2) is 24.5 Å². The van der Waals surface area contributed by atoms with E-state index >= 15 is 0 Å². The van der Waals surface area contributed by atoms with Crippen molar-refractivity contribution in [3.05, 3.63) is 41.3 Å². The molecule has 0 aliphatic carbocycles. The van der Waals surface area contributed by atoms with E-state index in [1.165, 1.54) is 29.2 Å². The number of rotatable bonds is 4. The smallest absolute Gasteiger partial charge is 0.335 e. The number of nitrogens with two attached hydrogens (primary N) is 1. The summed E-state index contributed by atoms with van der Waals surface area (Å²) in [6.07, 6.45) is 3.32. The second kappa shape index (κ2) is 4.89. The number of aryl methyl sites for hydroxylation is 1. The molecule has 2 rings (SSSR count). The summed E-state index contributed by atoms with van der Waals surface area (Å²) < 4.78 is 1.33. The van der Waals surface area contributed by atoms with Crippen molar-refractivity contribution in [2.24, 2.45) is 5.73 Å². The number of carboxylic acids is 1. The van der Waals surface area contributed by atoms with E-state index in [-0.39, 0.29) is 11.1 Å². The average molecular weight is 260 g/mol. The average Bonchev–Trinajstić information content (AvgIpc) is 2.87. The Morgan fingerprint density at radius 3 is 2.63 bits per heavy atom. The first kappa shape index (κ1) is 12.7. The van der Waals surface area contributed by atoms with Crippen LogP contribution in [-0.4, -0.2) is 31.7 Å². The Morgan fingerprint density at radius 1 is 1.37 bits per heavy atom. The summed E-state index contributed by atoms with van der Waals surface area (Å²) in [5.41, 5.74) is 6.12. The van der Waals surface area contributed by atoms with Gasteiger partial charge < -0.3 is 10.8 Å². The van der Waals surface area contributed by atoms with Crippen LogP contribution in [0.3, 0.4) is 0 Å². The van der Waals surface area contributed by atoms with E-state index in [9.17, 15) is 9.59 Å². The molecule has 0 atom stereocenters. The molecule has 19 heavy (non-hydrogen) atoms. The molecule has 0 saturated carbocycles. The van der Waals surface area contributed by atoms with Gasteiger partial charge in [0.25, 0.3) is 5.91 Å². The highest BCUT2D eigenvalue weighted by Gasteiger charge is 2.11. The SMILES string of the molecule is CCc1cc(C(=O)O)cc(-n2cc(C(N)=O)cn2)n1. The molecule has 0 saturated heterocycles. The van der Waals surface area contributed by atoms with Gasteiger partial charge in [-0.2, -0.15) is 5.10 Å². The van der Waals surface area contributed by atoms with Crippen LogP contribution < -0.4 is 5.73 Å². The summed E-state index contributed by atoms with van der Waals surface area (Å²) >= 11 is 0. The third-order valence-corrected chi connectivity index (χ3v) is 2.58. The quantitative estimate of drug-likeness (QED) is 0.837. The van der Waals surface area contributed by atoms with Crippen molar-refractivity contribution in [2.45, 2.75) is 13.3 Å². The minimum Gasteiger partial charge on any atom is -0.478 e. The fourth-order valence-corrected chi connectivity index (χ4v) is 1.57. The van der Waals surface area contributed by atoms with Gasteiger partial charge in [-0.05, 0) is 18.6 Å². The molecule has 0 unspecified atom stereocenters.